The molecule has 0 unspecified atom stereocenters. The summed E-state index contributed by atoms with van der Waals surface area (Å²) >= 11 is 0. The van der Waals surface area contributed by atoms with Crippen LogP contribution in [0.4, 0.5) is 11.5 Å². The Kier molecular flexibility index (Phi) is 5.02. The summed E-state index contributed by atoms with van der Waals surface area (Å²) < 4.78 is 1.98. The largest absolute Gasteiger partial charge is 0.329 e. The molecule has 2 aromatic rings. The van der Waals surface area contributed by atoms with E-state index >= 15 is 0 Å². The number of hydrogen-bond donors (Lipinski definition) is 1. The molecular formula is C17H26N4. The van der Waals surface area contributed by atoms with E-state index in [2.05, 4.69) is 67.4 Å². The zero-order valence-corrected chi connectivity index (χ0v) is 13.8. The molecule has 0 aliphatic rings. The molecule has 1 aromatic heterocycles. The van der Waals surface area contributed by atoms with Gasteiger partial charge in [-0.25, -0.2) is 0 Å². The Hall–Kier alpha value is -1.81. The third-order valence-electron chi connectivity index (χ3n) is 3.84. The summed E-state index contributed by atoms with van der Waals surface area (Å²) in [6, 6.07) is 8.45. The second-order valence-corrected chi connectivity index (χ2v) is 5.53. The lowest BCUT2D eigenvalue weighted by atomic mass is 10.1. The first-order valence-electron chi connectivity index (χ1n) is 7.58. The third-order valence-corrected chi connectivity index (χ3v) is 3.84. The van der Waals surface area contributed by atoms with Crippen molar-refractivity contribution in [3.05, 3.63) is 41.1 Å². The summed E-state index contributed by atoms with van der Waals surface area (Å²) in [4.78, 5) is 2.23. The van der Waals surface area contributed by atoms with Crippen LogP contribution in [0.25, 0.3) is 0 Å². The highest BCUT2D eigenvalue weighted by atomic mass is 15.4. The van der Waals surface area contributed by atoms with Gasteiger partial charge in [-0.2, -0.15) is 5.10 Å². The minimum Gasteiger partial charge on any atom is -0.329 e. The Morgan fingerprint density at radius 2 is 1.95 bits per heavy atom. The average Bonchev–Trinajstić information content (AvgIpc) is 2.73. The van der Waals surface area contributed by atoms with Crippen LogP contribution >= 0.6 is 0 Å². The van der Waals surface area contributed by atoms with Gasteiger partial charge in [0, 0.05) is 31.9 Å². The molecule has 114 valence electrons. The first-order valence-corrected chi connectivity index (χ1v) is 7.58. The molecule has 0 bridgehead atoms. The molecule has 0 saturated heterocycles. The second kappa shape index (κ2) is 6.76. The fourth-order valence-corrected chi connectivity index (χ4v) is 2.76. The van der Waals surface area contributed by atoms with Gasteiger partial charge in [0.2, 0.25) is 0 Å². The molecule has 0 atom stereocenters. The smallest absolute Gasteiger partial charge is 0.135 e. The van der Waals surface area contributed by atoms with Crippen LogP contribution in [0.2, 0.25) is 0 Å². The lowest BCUT2D eigenvalue weighted by Gasteiger charge is -2.23. The third kappa shape index (κ3) is 3.27. The van der Waals surface area contributed by atoms with E-state index < -0.39 is 0 Å². The maximum Gasteiger partial charge on any atom is 0.135 e. The van der Waals surface area contributed by atoms with Gasteiger partial charge in [-0.05, 0) is 38.4 Å². The van der Waals surface area contributed by atoms with E-state index in [9.17, 15) is 0 Å². The number of aromatic nitrogens is 2. The minimum absolute atomic E-state index is 0.860. The number of anilines is 2. The van der Waals surface area contributed by atoms with Crippen molar-refractivity contribution in [1.82, 2.24) is 15.1 Å². The first kappa shape index (κ1) is 15.6. The van der Waals surface area contributed by atoms with E-state index in [1.165, 1.54) is 16.8 Å². The van der Waals surface area contributed by atoms with E-state index in [0.29, 0.717) is 0 Å². The maximum absolute atomic E-state index is 4.60. The number of rotatable bonds is 6. The minimum atomic E-state index is 0.860. The summed E-state index contributed by atoms with van der Waals surface area (Å²) in [6.07, 6.45) is 1.14. The molecular weight excluding hydrogens is 260 g/mol. The molecule has 0 aliphatic carbocycles. The average molecular weight is 286 g/mol. The summed E-state index contributed by atoms with van der Waals surface area (Å²) in [6.45, 7) is 8.30. The molecule has 0 radical (unpaired) electrons. The van der Waals surface area contributed by atoms with Crippen LogP contribution in [0.3, 0.4) is 0 Å². The molecule has 0 spiro atoms. The van der Waals surface area contributed by atoms with Crippen LogP contribution in [0.1, 0.15) is 30.2 Å². The molecule has 21 heavy (non-hydrogen) atoms. The van der Waals surface area contributed by atoms with Crippen LogP contribution < -0.4 is 10.2 Å². The van der Waals surface area contributed by atoms with E-state index in [0.717, 1.165) is 31.0 Å². The fourth-order valence-electron chi connectivity index (χ4n) is 2.76. The van der Waals surface area contributed by atoms with Gasteiger partial charge in [-0.1, -0.05) is 25.1 Å². The number of aryl methyl sites for hydroxylation is 3. The first-order chi connectivity index (χ1) is 10.1. The predicted molar refractivity (Wildman–Crippen MR) is 89.2 cm³/mol. The number of nitrogens with one attached hydrogen (secondary N) is 1. The summed E-state index contributed by atoms with van der Waals surface area (Å²) in [7, 11) is 4.13. The van der Waals surface area contributed by atoms with Crippen molar-refractivity contribution in [3.8, 4) is 0 Å². The molecule has 1 heterocycles. The Morgan fingerprint density at radius 3 is 2.62 bits per heavy atom. The van der Waals surface area contributed by atoms with Gasteiger partial charge in [0.15, 0.2) is 0 Å². The molecule has 0 fully saturated rings. The normalized spacial score (nSPS) is 10.9. The number of hydrogen-bond acceptors (Lipinski definition) is 3. The molecule has 1 aromatic carbocycles. The van der Waals surface area contributed by atoms with Gasteiger partial charge in [-0.15, -0.1) is 0 Å². The molecule has 0 saturated carbocycles. The highest BCUT2D eigenvalue weighted by Crippen LogP contribution is 2.30. The van der Waals surface area contributed by atoms with Gasteiger partial charge in [0.05, 0.1) is 5.69 Å². The van der Waals surface area contributed by atoms with Crippen molar-refractivity contribution in [1.29, 1.82) is 0 Å². The fraction of sp³-hybridized carbons (Fsp3) is 0.471. The van der Waals surface area contributed by atoms with Crippen molar-refractivity contribution >= 4 is 11.5 Å². The summed E-state index contributed by atoms with van der Waals surface area (Å²) in [5, 5.41) is 8.09. The SMILES string of the molecule is CCCNCc1c(C)nn(C)c1N(C)c1ccccc1C. The van der Waals surface area contributed by atoms with Crippen LogP contribution in [0.15, 0.2) is 24.3 Å². The van der Waals surface area contributed by atoms with Crippen LogP contribution in [-0.4, -0.2) is 23.4 Å². The highest BCUT2D eigenvalue weighted by Gasteiger charge is 2.18. The topological polar surface area (TPSA) is 33.1 Å². The lowest BCUT2D eigenvalue weighted by Crippen LogP contribution is -2.20. The van der Waals surface area contributed by atoms with E-state index in [1.807, 2.05) is 11.7 Å². The predicted octanol–water partition coefficient (Wildman–Crippen LogP) is 3.30. The monoisotopic (exact) mass is 286 g/mol. The molecule has 4 nitrogen and oxygen atoms in total. The van der Waals surface area contributed by atoms with Crippen LogP contribution in [0, 0.1) is 13.8 Å². The number of nitrogens with zero attached hydrogens (tertiary/aromatic N) is 3. The standard InChI is InChI=1S/C17H26N4/c1-6-11-18-12-15-14(3)19-21(5)17(15)20(4)16-10-8-7-9-13(16)2/h7-10,18H,6,11-12H2,1-5H3. The number of para-hydroxylation sites is 1. The molecule has 1 N–H and O–H groups in total. The molecule has 2 rings (SSSR count). The van der Waals surface area contributed by atoms with Crippen molar-refractivity contribution in [2.24, 2.45) is 7.05 Å². The van der Waals surface area contributed by atoms with E-state index in [4.69, 9.17) is 0 Å². The Bertz CT molecular complexity index is 601. The molecule has 4 heteroatoms. The Morgan fingerprint density at radius 1 is 1.24 bits per heavy atom. The van der Waals surface area contributed by atoms with E-state index in [1.54, 1.807) is 0 Å². The zero-order chi connectivity index (χ0) is 15.4. The lowest BCUT2D eigenvalue weighted by molar-refractivity contribution is 0.672. The Labute approximate surface area is 127 Å². The Balaban J connectivity index is 2.36. The molecule has 0 amide bonds. The van der Waals surface area contributed by atoms with Crippen molar-refractivity contribution in [2.75, 3.05) is 18.5 Å². The highest BCUT2D eigenvalue weighted by molar-refractivity contribution is 5.66. The summed E-state index contributed by atoms with van der Waals surface area (Å²) in [5.74, 6) is 1.16. The van der Waals surface area contributed by atoms with Crippen molar-refractivity contribution in [3.63, 3.8) is 0 Å². The quantitative estimate of drug-likeness (QED) is 0.827. The van der Waals surface area contributed by atoms with Crippen molar-refractivity contribution < 1.29 is 0 Å². The van der Waals surface area contributed by atoms with Crippen molar-refractivity contribution in [2.45, 2.75) is 33.7 Å². The summed E-state index contributed by atoms with van der Waals surface area (Å²) in [5.41, 5.74) is 4.86. The van der Waals surface area contributed by atoms with E-state index in [-0.39, 0.29) is 0 Å². The molecule has 0 aliphatic heterocycles. The van der Waals surface area contributed by atoms with Gasteiger partial charge in [0.1, 0.15) is 5.82 Å². The van der Waals surface area contributed by atoms with Crippen LogP contribution in [0.5, 0.6) is 0 Å². The maximum atomic E-state index is 4.60. The van der Waals surface area contributed by atoms with Crippen LogP contribution in [-0.2, 0) is 13.6 Å². The second-order valence-electron chi connectivity index (χ2n) is 5.53. The van der Waals surface area contributed by atoms with Gasteiger partial charge < -0.3 is 10.2 Å². The van der Waals surface area contributed by atoms with Gasteiger partial charge in [-0.3, -0.25) is 4.68 Å². The number of benzene rings is 1. The van der Waals surface area contributed by atoms with Gasteiger partial charge in [0.25, 0.3) is 0 Å². The zero-order valence-electron chi connectivity index (χ0n) is 13.8. The van der Waals surface area contributed by atoms with Gasteiger partial charge >= 0.3 is 0 Å².